The molecule has 4 nitrogen and oxygen atoms in total. The van der Waals surface area contributed by atoms with Crippen LogP contribution in [0.1, 0.15) is 18.4 Å². The number of hydrogen-bond acceptors (Lipinski definition) is 3. The lowest BCUT2D eigenvalue weighted by Crippen LogP contribution is -2.36. The Morgan fingerprint density at radius 2 is 1.85 bits per heavy atom. The van der Waals surface area contributed by atoms with E-state index in [1.807, 2.05) is 36.4 Å². The largest absolute Gasteiger partial charge is 0.341 e. The molecule has 1 aromatic rings. The molecule has 1 atom stereocenters. The molecular formula is C16H16N2O2. The van der Waals surface area contributed by atoms with Crippen LogP contribution in [0.2, 0.25) is 0 Å². The third kappa shape index (κ3) is 3.33. The zero-order chi connectivity index (χ0) is 14.4. The normalized spacial score (nSPS) is 16.1. The molecule has 2 rings (SSSR count). The second kappa shape index (κ2) is 6.67. The van der Waals surface area contributed by atoms with E-state index in [9.17, 15) is 9.59 Å². The number of likely N-dealkylation sites (tertiary alicyclic amines) is 1. The second-order valence-electron chi connectivity index (χ2n) is 4.74. The van der Waals surface area contributed by atoms with Crippen molar-refractivity contribution in [3.8, 4) is 6.07 Å². The van der Waals surface area contributed by atoms with Gasteiger partial charge in [0.15, 0.2) is 11.7 Å². The zero-order valence-corrected chi connectivity index (χ0v) is 11.2. The summed E-state index contributed by atoms with van der Waals surface area (Å²) in [6.45, 7) is 1.29. The van der Waals surface area contributed by atoms with Gasteiger partial charge >= 0.3 is 0 Å². The van der Waals surface area contributed by atoms with Crippen molar-refractivity contribution in [1.29, 1.82) is 5.26 Å². The standard InChI is InChI=1S/C16H16N2O2/c17-12-14(16(20)18-10-4-5-11-18)15(19)9-8-13-6-2-1-3-7-13/h1-3,6-9,14H,4-5,10-11H2/b9-8-/t14-/m1/s1. The first-order valence-corrected chi connectivity index (χ1v) is 6.68. The van der Waals surface area contributed by atoms with E-state index in [1.165, 1.54) is 6.08 Å². The monoisotopic (exact) mass is 268 g/mol. The van der Waals surface area contributed by atoms with Crippen LogP contribution in [0.5, 0.6) is 0 Å². The van der Waals surface area contributed by atoms with Gasteiger partial charge in [0.1, 0.15) is 0 Å². The molecule has 102 valence electrons. The van der Waals surface area contributed by atoms with Crippen LogP contribution < -0.4 is 0 Å². The molecule has 1 aromatic carbocycles. The first kappa shape index (κ1) is 14.0. The van der Waals surface area contributed by atoms with Crippen molar-refractivity contribution in [3.05, 3.63) is 42.0 Å². The summed E-state index contributed by atoms with van der Waals surface area (Å²) in [5.41, 5.74) is 0.867. The Morgan fingerprint density at radius 1 is 1.20 bits per heavy atom. The van der Waals surface area contributed by atoms with Crippen LogP contribution in [-0.2, 0) is 9.59 Å². The predicted molar refractivity (Wildman–Crippen MR) is 75.4 cm³/mol. The van der Waals surface area contributed by atoms with Gasteiger partial charge in [-0.15, -0.1) is 0 Å². The van der Waals surface area contributed by atoms with Gasteiger partial charge in [0, 0.05) is 13.1 Å². The van der Waals surface area contributed by atoms with Gasteiger partial charge in [-0.25, -0.2) is 0 Å². The van der Waals surface area contributed by atoms with Gasteiger partial charge in [-0.2, -0.15) is 5.26 Å². The molecule has 0 radical (unpaired) electrons. The number of benzene rings is 1. The maximum atomic E-state index is 12.1. The third-order valence-corrected chi connectivity index (χ3v) is 3.32. The van der Waals surface area contributed by atoms with E-state index in [0.717, 1.165) is 18.4 Å². The molecule has 0 unspecified atom stereocenters. The fourth-order valence-electron chi connectivity index (χ4n) is 2.20. The third-order valence-electron chi connectivity index (χ3n) is 3.32. The van der Waals surface area contributed by atoms with E-state index in [4.69, 9.17) is 5.26 Å². The Balaban J connectivity index is 2.04. The maximum Gasteiger partial charge on any atom is 0.247 e. The molecule has 0 saturated carbocycles. The Hall–Kier alpha value is -2.41. The van der Waals surface area contributed by atoms with Crippen LogP contribution in [0.3, 0.4) is 0 Å². The zero-order valence-electron chi connectivity index (χ0n) is 11.2. The summed E-state index contributed by atoms with van der Waals surface area (Å²) < 4.78 is 0. The Kier molecular flexibility index (Phi) is 4.67. The van der Waals surface area contributed by atoms with E-state index in [-0.39, 0.29) is 5.91 Å². The lowest BCUT2D eigenvalue weighted by molar-refractivity contribution is -0.136. The number of ketones is 1. The number of carbonyl (C=O) groups is 2. The highest BCUT2D eigenvalue weighted by Gasteiger charge is 2.30. The Labute approximate surface area is 118 Å². The number of rotatable bonds is 4. The van der Waals surface area contributed by atoms with Crippen molar-refractivity contribution in [3.63, 3.8) is 0 Å². The van der Waals surface area contributed by atoms with Crippen molar-refractivity contribution in [1.82, 2.24) is 4.90 Å². The molecule has 0 N–H and O–H groups in total. The molecule has 1 aliphatic rings. The Morgan fingerprint density at radius 3 is 2.45 bits per heavy atom. The minimum absolute atomic E-state index is 0.368. The minimum Gasteiger partial charge on any atom is -0.341 e. The summed E-state index contributed by atoms with van der Waals surface area (Å²) in [5.74, 6) is -2.03. The van der Waals surface area contributed by atoms with Crippen LogP contribution in [0.4, 0.5) is 0 Å². The van der Waals surface area contributed by atoms with Gasteiger partial charge in [0.05, 0.1) is 6.07 Å². The first-order chi connectivity index (χ1) is 9.72. The van der Waals surface area contributed by atoms with Gasteiger partial charge in [0.2, 0.25) is 5.91 Å². The summed E-state index contributed by atoms with van der Waals surface area (Å²) in [4.78, 5) is 25.7. The predicted octanol–water partition coefficient (Wildman–Crippen LogP) is 2.03. The molecule has 1 fully saturated rings. The van der Waals surface area contributed by atoms with Gasteiger partial charge in [0.25, 0.3) is 0 Å². The number of allylic oxidation sites excluding steroid dienone is 1. The molecule has 0 aromatic heterocycles. The number of nitriles is 1. The van der Waals surface area contributed by atoms with Crippen molar-refractivity contribution < 1.29 is 9.59 Å². The highest BCUT2D eigenvalue weighted by Crippen LogP contribution is 2.13. The molecule has 1 amide bonds. The van der Waals surface area contributed by atoms with Crippen LogP contribution in [0.15, 0.2) is 36.4 Å². The van der Waals surface area contributed by atoms with Crippen LogP contribution in [0, 0.1) is 17.2 Å². The highest BCUT2D eigenvalue weighted by atomic mass is 16.2. The smallest absolute Gasteiger partial charge is 0.247 e. The molecule has 1 heterocycles. The lowest BCUT2D eigenvalue weighted by atomic mass is 10.0. The average Bonchev–Trinajstić information content (AvgIpc) is 3.01. The molecule has 1 saturated heterocycles. The number of nitrogens with zero attached hydrogens (tertiary/aromatic N) is 2. The van der Waals surface area contributed by atoms with Gasteiger partial charge in [-0.3, -0.25) is 9.59 Å². The SMILES string of the molecule is N#C[C@H](C(=O)/C=C\c1ccccc1)C(=O)N1CCCC1. The van der Waals surface area contributed by atoms with E-state index < -0.39 is 11.7 Å². The minimum atomic E-state index is -1.21. The quantitative estimate of drug-likeness (QED) is 0.620. The van der Waals surface area contributed by atoms with Gasteiger partial charge in [-0.1, -0.05) is 36.4 Å². The van der Waals surface area contributed by atoms with Crippen molar-refractivity contribution >= 4 is 17.8 Å². The fraction of sp³-hybridized carbons (Fsp3) is 0.312. The van der Waals surface area contributed by atoms with E-state index >= 15 is 0 Å². The summed E-state index contributed by atoms with van der Waals surface area (Å²) in [6.07, 6.45) is 4.83. The number of hydrogen-bond donors (Lipinski definition) is 0. The van der Waals surface area contributed by atoms with Gasteiger partial charge < -0.3 is 4.90 Å². The summed E-state index contributed by atoms with van der Waals surface area (Å²) in [6, 6.07) is 11.1. The van der Waals surface area contributed by atoms with E-state index in [2.05, 4.69) is 0 Å². The summed E-state index contributed by atoms with van der Waals surface area (Å²) >= 11 is 0. The summed E-state index contributed by atoms with van der Waals surface area (Å²) in [7, 11) is 0. The van der Waals surface area contributed by atoms with Crippen molar-refractivity contribution in [2.45, 2.75) is 12.8 Å². The lowest BCUT2D eigenvalue weighted by Gasteiger charge is -2.16. The van der Waals surface area contributed by atoms with Gasteiger partial charge in [-0.05, 0) is 24.5 Å². The molecule has 0 spiro atoms. The molecule has 4 heteroatoms. The average molecular weight is 268 g/mol. The molecule has 1 aliphatic heterocycles. The number of amides is 1. The topological polar surface area (TPSA) is 61.2 Å². The van der Waals surface area contributed by atoms with E-state index in [1.54, 1.807) is 11.0 Å². The van der Waals surface area contributed by atoms with E-state index in [0.29, 0.717) is 13.1 Å². The molecular weight excluding hydrogens is 252 g/mol. The molecule has 20 heavy (non-hydrogen) atoms. The maximum absolute atomic E-state index is 12.1. The fourth-order valence-corrected chi connectivity index (χ4v) is 2.20. The van der Waals surface area contributed by atoms with Crippen LogP contribution >= 0.6 is 0 Å². The Bertz CT molecular complexity index is 552. The van der Waals surface area contributed by atoms with Crippen molar-refractivity contribution in [2.75, 3.05) is 13.1 Å². The highest BCUT2D eigenvalue weighted by molar-refractivity contribution is 6.10. The first-order valence-electron chi connectivity index (χ1n) is 6.68. The van der Waals surface area contributed by atoms with Crippen LogP contribution in [-0.4, -0.2) is 29.7 Å². The van der Waals surface area contributed by atoms with Crippen LogP contribution in [0.25, 0.3) is 6.08 Å². The molecule has 0 bridgehead atoms. The second-order valence-corrected chi connectivity index (χ2v) is 4.74. The van der Waals surface area contributed by atoms with Crippen molar-refractivity contribution in [2.24, 2.45) is 5.92 Å². The summed E-state index contributed by atoms with van der Waals surface area (Å²) in [5, 5.41) is 9.07. The number of carbonyl (C=O) groups excluding carboxylic acids is 2. The molecule has 0 aliphatic carbocycles.